The Kier molecular flexibility index (Phi) is 3.65. The molecule has 1 atom stereocenters. The van der Waals surface area contributed by atoms with Crippen molar-refractivity contribution < 1.29 is 4.74 Å². The zero-order valence-corrected chi connectivity index (χ0v) is 16.0. The van der Waals surface area contributed by atoms with E-state index >= 15 is 0 Å². The molecule has 1 aliphatic rings. The summed E-state index contributed by atoms with van der Waals surface area (Å²) in [6, 6.07) is 16.6. The fourth-order valence-corrected chi connectivity index (χ4v) is 3.25. The highest BCUT2D eigenvalue weighted by Crippen LogP contribution is 2.41. The fraction of sp³-hybridized carbons (Fsp3) is 0.304. The summed E-state index contributed by atoms with van der Waals surface area (Å²) in [7, 11) is 0. The van der Waals surface area contributed by atoms with Gasteiger partial charge in [0, 0.05) is 28.1 Å². The summed E-state index contributed by atoms with van der Waals surface area (Å²) in [6.07, 6.45) is 1.93. The molecule has 0 bridgehead atoms. The van der Waals surface area contributed by atoms with Crippen molar-refractivity contribution in [2.75, 3.05) is 0 Å². The second-order valence-electron chi connectivity index (χ2n) is 8.16. The number of benzene rings is 2. The van der Waals surface area contributed by atoms with E-state index in [0.717, 1.165) is 33.5 Å². The van der Waals surface area contributed by atoms with E-state index in [9.17, 15) is 0 Å². The molecule has 3 aromatic rings. The second-order valence-corrected chi connectivity index (χ2v) is 8.16. The maximum absolute atomic E-state index is 6.33. The highest BCUT2D eigenvalue weighted by atomic mass is 16.5. The molecule has 1 unspecified atom stereocenters. The molecular formula is C23H24N2O. The Bertz CT molecular complexity index is 1030. The van der Waals surface area contributed by atoms with Gasteiger partial charge in [-0.3, -0.25) is 4.98 Å². The number of para-hydroxylation sites is 2. The van der Waals surface area contributed by atoms with Crippen LogP contribution in [0.5, 0.6) is 5.75 Å². The first-order valence-electron chi connectivity index (χ1n) is 9.02. The zero-order valence-electron chi connectivity index (χ0n) is 16.0. The Labute approximate surface area is 154 Å². The van der Waals surface area contributed by atoms with E-state index in [2.05, 4.69) is 65.0 Å². The van der Waals surface area contributed by atoms with Gasteiger partial charge < -0.3 is 4.74 Å². The molecule has 0 spiro atoms. The van der Waals surface area contributed by atoms with Gasteiger partial charge in [0.15, 0.2) is 0 Å². The summed E-state index contributed by atoms with van der Waals surface area (Å²) >= 11 is 0. The van der Waals surface area contributed by atoms with E-state index in [-0.39, 0.29) is 5.41 Å². The third-order valence-corrected chi connectivity index (χ3v) is 5.35. The molecule has 0 saturated carbocycles. The maximum Gasteiger partial charge on any atom is 0.202 e. The highest BCUT2D eigenvalue weighted by molar-refractivity contribution is 6.16. The average Bonchev–Trinajstić information content (AvgIpc) is 2.60. The summed E-state index contributed by atoms with van der Waals surface area (Å²) in [5.41, 5.74) is 4.42. The van der Waals surface area contributed by atoms with Crippen LogP contribution in [0.3, 0.4) is 0 Å². The van der Waals surface area contributed by atoms with Gasteiger partial charge in [-0.25, -0.2) is 4.99 Å². The van der Waals surface area contributed by atoms with Crippen LogP contribution in [-0.2, 0) is 0 Å². The topological polar surface area (TPSA) is 34.5 Å². The van der Waals surface area contributed by atoms with Gasteiger partial charge in [-0.2, -0.15) is 0 Å². The monoisotopic (exact) mass is 344 g/mol. The standard InChI is InChI=1S/C23H24N2O/c1-15-9-8-10-16-13-17(14-24-20(15)16)21-18-11-6-7-12-19(18)26-23(5,25-21)22(2,3)4/h6-14H,1-5H3. The van der Waals surface area contributed by atoms with Crippen molar-refractivity contribution in [2.45, 2.75) is 40.3 Å². The van der Waals surface area contributed by atoms with Crippen molar-refractivity contribution in [1.82, 2.24) is 4.98 Å². The minimum atomic E-state index is -0.641. The first kappa shape index (κ1) is 16.8. The first-order chi connectivity index (χ1) is 12.3. The number of aromatic nitrogens is 1. The van der Waals surface area contributed by atoms with Crippen LogP contribution in [0, 0.1) is 12.3 Å². The van der Waals surface area contributed by atoms with E-state index in [1.807, 2.05) is 24.4 Å². The molecule has 0 fully saturated rings. The number of aryl methyl sites for hydroxylation is 1. The third kappa shape index (κ3) is 2.59. The Balaban J connectivity index is 1.95. The zero-order chi connectivity index (χ0) is 18.5. The summed E-state index contributed by atoms with van der Waals surface area (Å²) in [5, 5.41) is 1.13. The smallest absolute Gasteiger partial charge is 0.202 e. The number of pyridine rings is 1. The summed E-state index contributed by atoms with van der Waals surface area (Å²) < 4.78 is 6.33. The number of hydrogen-bond donors (Lipinski definition) is 0. The fourth-order valence-electron chi connectivity index (χ4n) is 3.25. The van der Waals surface area contributed by atoms with Crippen molar-refractivity contribution in [3.8, 4) is 5.75 Å². The van der Waals surface area contributed by atoms with Crippen molar-refractivity contribution >= 4 is 16.6 Å². The molecule has 3 heteroatoms. The predicted molar refractivity (Wildman–Crippen MR) is 107 cm³/mol. The number of hydrogen-bond acceptors (Lipinski definition) is 3. The Hall–Kier alpha value is -2.68. The van der Waals surface area contributed by atoms with Gasteiger partial charge >= 0.3 is 0 Å². The summed E-state index contributed by atoms with van der Waals surface area (Å²) in [5.74, 6) is 0.874. The molecule has 132 valence electrons. The highest BCUT2D eigenvalue weighted by Gasteiger charge is 2.43. The van der Waals surface area contributed by atoms with Gasteiger partial charge in [0.1, 0.15) is 5.75 Å². The molecule has 26 heavy (non-hydrogen) atoms. The minimum Gasteiger partial charge on any atom is -0.465 e. The van der Waals surface area contributed by atoms with Crippen LogP contribution < -0.4 is 4.74 Å². The van der Waals surface area contributed by atoms with Gasteiger partial charge in [-0.05, 0) is 37.6 Å². The van der Waals surface area contributed by atoms with Crippen molar-refractivity contribution in [2.24, 2.45) is 10.4 Å². The van der Waals surface area contributed by atoms with E-state index < -0.39 is 5.72 Å². The molecule has 0 radical (unpaired) electrons. The number of nitrogens with zero attached hydrogens (tertiary/aromatic N) is 2. The summed E-state index contributed by atoms with van der Waals surface area (Å²) in [6.45, 7) is 10.6. The van der Waals surface area contributed by atoms with Gasteiger partial charge in [-0.15, -0.1) is 0 Å². The lowest BCUT2D eigenvalue weighted by Gasteiger charge is -2.42. The molecule has 0 N–H and O–H groups in total. The maximum atomic E-state index is 6.33. The minimum absolute atomic E-state index is 0.146. The van der Waals surface area contributed by atoms with Crippen molar-refractivity contribution in [3.05, 3.63) is 71.4 Å². The molecule has 0 amide bonds. The molecule has 1 aliphatic heterocycles. The second kappa shape index (κ2) is 5.66. The lowest BCUT2D eigenvalue weighted by atomic mass is 9.83. The quantitative estimate of drug-likeness (QED) is 0.581. The van der Waals surface area contributed by atoms with Crippen LogP contribution in [0.4, 0.5) is 0 Å². The molecule has 2 heterocycles. The molecule has 1 aromatic heterocycles. The number of aliphatic imine (C=N–C) groups is 1. The molecular weight excluding hydrogens is 320 g/mol. The van der Waals surface area contributed by atoms with Crippen LogP contribution in [0.2, 0.25) is 0 Å². The normalized spacial score (nSPS) is 19.7. The van der Waals surface area contributed by atoms with Gasteiger partial charge in [0.05, 0.1) is 11.2 Å². The molecule has 4 rings (SSSR count). The molecule has 0 aliphatic carbocycles. The average molecular weight is 344 g/mol. The Morgan fingerprint density at radius 3 is 2.54 bits per heavy atom. The number of ether oxygens (including phenoxy) is 1. The van der Waals surface area contributed by atoms with Crippen LogP contribution in [-0.4, -0.2) is 16.4 Å². The van der Waals surface area contributed by atoms with Crippen LogP contribution in [0.15, 0.2) is 59.7 Å². The van der Waals surface area contributed by atoms with E-state index in [0.29, 0.717) is 0 Å². The largest absolute Gasteiger partial charge is 0.465 e. The van der Waals surface area contributed by atoms with Gasteiger partial charge in [0.2, 0.25) is 5.72 Å². The van der Waals surface area contributed by atoms with Crippen molar-refractivity contribution in [1.29, 1.82) is 0 Å². The summed E-state index contributed by atoms with van der Waals surface area (Å²) in [4.78, 5) is 9.80. The van der Waals surface area contributed by atoms with Gasteiger partial charge in [-0.1, -0.05) is 51.1 Å². The lowest BCUT2D eigenvalue weighted by Crippen LogP contribution is -2.46. The lowest BCUT2D eigenvalue weighted by molar-refractivity contribution is -0.0112. The van der Waals surface area contributed by atoms with Crippen molar-refractivity contribution in [3.63, 3.8) is 0 Å². The number of fused-ring (bicyclic) bond motifs is 2. The molecule has 2 aromatic carbocycles. The number of rotatable bonds is 1. The predicted octanol–water partition coefficient (Wildman–Crippen LogP) is 5.54. The molecule has 0 saturated heterocycles. The van der Waals surface area contributed by atoms with Gasteiger partial charge in [0.25, 0.3) is 0 Å². The SMILES string of the molecule is Cc1cccc2cc(C3=NC(C)(C(C)(C)C)Oc4ccccc43)cnc12. The van der Waals surface area contributed by atoms with Crippen LogP contribution in [0.25, 0.3) is 10.9 Å². The van der Waals surface area contributed by atoms with E-state index in [4.69, 9.17) is 14.7 Å². The third-order valence-electron chi connectivity index (χ3n) is 5.35. The molecule has 3 nitrogen and oxygen atoms in total. The van der Waals surface area contributed by atoms with E-state index in [1.165, 1.54) is 5.56 Å². The first-order valence-corrected chi connectivity index (χ1v) is 9.02. The van der Waals surface area contributed by atoms with Crippen LogP contribution in [0.1, 0.15) is 44.4 Å². The Morgan fingerprint density at radius 2 is 1.77 bits per heavy atom. The van der Waals surface area contributed by atoms with E-state index in [1.54, 1.807) is 0 Å². The Morgan fingerprint density at radius 1 is 1.00 bits per heavy atom. The van der Waals surface area contributed by atoms with Crippen LogP contribution >= 0.6 is 0 Å².